The maximum atomic E-state index is 6.42. The first kappa shape index (κ1) is 10.2. The molecule has 1 fully saturated rings. The van der Waals surface area contributed by atoms with E-state index in [-0.39, 0.29) is 0 Å². The number of aromatic nitrogens is 1. The van der Waals surface area contributed by atoms with Crippen LogP contribution in [0.1, 0.15) is 12.0 Å². The predicted octanol–water partition coefficient (Wildman–Crippen LogP) is 2.97. The highest BCUT2D eigenvalue weighted by molar-refractivity contribution is 6.36. The predicted molar refractivity (Wildman–Crippen MR) is 68.0 cm³/mol. The van der Waals surface area contributed by atoms with Crippen molar-refractivity contribution in [2.24, 2.45) is 5.92 Å². The van der Waals surface area contributed by atoms with Crippen LogP contribution in [0.15, 0.2) is 24.4 Å². The highest BCUT2D eigenvalue weighted by Gasteiger charge is 2.17. The molecule has 1 saturated heterocycles. The topological polar surface area (TPSA) is 27.8 Å². The SMILES string of the molecule is Clc1c(CC2CCNC2)ccc2[nH]ccc12. The molecule has 0 saturated carbocycles. The Hall–Kier alpha value is -0.990. The smallest absolute Gasteiger partial charge is 0.0531 e. The first-order valence-corrected chi connectivity index (χ1v) is 6.17. The van der Waals surface area contributed by atoms with E-state index < -0.39 is 0 Å². The van der Waals surface area contributed by atoms with Crippen molar-refractivity contribution < 1.29 is 0 Å². The molecule has 2 heterocycles. The van der Waals surface area contributed by atoms with Crippen molar-refractivity contribution >= 4 is 22.5 Å². The number of fused-ring (bicyclic) bond motifs is 1. The Labute approximate surface area is 100.0 Å². The molecule has 0 amide bonds. The summed E-state index contributed by atoms with van der Waals surface area (Å²) in [6, 6.07) is 6.33. The Kier molecular flexibility index (Phi) is 2.62. The molecular weight excluding hydrogens is 220 g/mol. The highest BCUT2D eigenvalue weighted by Crippen LogP contribution is 2.29. The number of halogens is 1. The summed E-state index contributed by atoms with van der Waals surface area (Å²) in [5.74, 6) is 0.744. The zero-order valence-corrected chi connectivity index (χ0v) is 9.85. The van der Waals surface area contributed by atoms with Crippen LogP contribution in [0.2, 0.25) is 5.02 Å². The summed E-state index contributed by atoms with van der Waals surface area (Å²) in [6.45, 7) is 2.27. The van der Waals surface area contributed by atoms with Gasteiger partial charge in [-0.15, -0.1) is 0 Å². The number of nitrogens with one attached hydrogen (secondary N) is 2. The standard InChI is InChI=1S/C13H15ClN2/c14-13-10(7-9-3-5-15-8-9)1-2-12-11(13)4-6-16-12/h1-2,4,6,9,15-16H,3,5,7-8H2. The Balaban J connectivity index is 1.93. The molecule has 0 spiro atoms. The minimum Gasteiger partial charge on any atom is -0.361 e. The molecule has 3 rings (SSSR count). The van der Waals surface area contributed by atoms with Crippen LogP contribution in [-0.4, -0.2) is 18.1 Å². The second kappa shape index (κ2) is 4.11. The summed E-state index contributed by atoms with van der Waals surface area (Å²) in [5.41, 5.74) is 2.40. The molecular formula is C13H15ClN2. The van der Waals surface area contributed by atoms with E-state index in [0.717, 1.165) is 41.4 Å². The third-order valence-electron chi connectivity index (χ3n) is 3.42. The molecule has 3 heteroatoms. The molecule has 0 radical (unpaired) electrons. The largest absolute Gasteiger partial charge is 0.361 e. The second-order valence-electron chi connectivity index (χ2n) is 4.54. The van der Waals surface area contributed by atoms with Gasteiger partial charge in [0.15, 0.2) is 0 Å². The first-order valence-electron chi connectivity index (χ1n) is 5.80. The number of aromatic amines is 1. The minimum absolute atomic E-state index is 0.744. The molecule has 2 aromatic rings. The van der Waals surface area contributed by atoms with E-state index in [2.05, 4.69) is 22.4 Å². The van der Waals surface area contributed by atoms with Gasteiger partial charge in [0, 0.05) is 17.1 Å². The van der Waals surface area contributed by atoms with Gasteiger partial charge in [0.25, 0.3) is 0 Å². The monoisotopic (exact) mass is 234 g/mol. The van der Waals surface area contributed by atoms with Crippen LogP contribution in [0.25, 0.3) is 10.9 Å². The number of benzene rings is 1. The molecule has 1 aliphatic heterocycles. The van der Waals surface area contributed by atoms with Crippen molar-refractivity contribution in [1.82, 2.24) is 10.3 Å². The van der Waals surface area contributed by atoms with Crippen LogP contribution in [0, 0.1) is 5.92 Å². The Morgan fingerprint density at radius 3 is 3.06 bits per heavy atom. The van der Waals surface area contributed by atoms with E-state index in [0.29, 0.717) is 0 Å². The summed E-state index contributed by atoms with van der Waals surface area (Å²) in [6.07, 6.45) is 4.30. The fourth-order valence-electron chi connectivity index (χ4n) is 2.50. The minimum atomic E-state index is 0.744. The number of hydrogen-bond donors (Lipinski definition) is 2. The van der Waals surface area contributed by atoms with E-state index in [1.54, 1.807) is 0 Å². The van der Waals surface area contributed by atoms with Crippen LogP contribution in [0.5, 0.6) is 0 Å². The lowest BCUT2D eigenvalue weighted by atomic mass is 9.98. The summed E-state index contributed by atoms with van der Waals surface area (Å²) in [4.78, 5) is 3.18. The molecule has 0 aliphatic carbocycles. The molecule has 0 bridgehead atoms. The fourth-order valence-corrected chi connectivity index (χ4v) is 2.80. The van der Waals surface area contributed by atoms with E-state index in [1.807, 2.05) is 12.3 Å². The van der Waals surface area contributed by atoms with Crippen molar-refractivity contribution in [3.8, 4) is 0 Å². The molecule has 2 N–H and O–H groups in total. The van der Waals surface area contributed by atoms with Gasteiger partial charge in [-0.1, -0.05) is 17.7 Å². The lowest BCUT2D eigenvalue weighted by Gasteiger charge is -2.10. The van der Waals surface area contributed by atoms with E-state index in [1.165, 1.54) is 12.0 Å². The fraction of sp³-hybridized carbons (Fsp3) is 0.385. The molecule has 2 nitrogen and oxygen atoms in total. The third kappa shape index (κ3) is 1.72. The Morgan fingerprint density at radius 1 is 1.31 bits per heavy atom. The molecule has 1 aromatic heterocycles. The maximum absolute atomic E-state index is 6.42. The highest BCUT2D eigenvalue weighted by atomic mass is 35.5. The third-order valence-corrected chi connectivity index (χ3v) is 3.87. The zero-order chi connectivity index (χ0) is 11.0. The average Bonchev–Trinajstić information content (AvgIpc) is 2.93. The number of hydrogen-bond acceptors (Lipinski definition) is 1. The van der Waals surface area contributed by atoms with E-state index in [9.17, 15) is 0 Å². The van der Waals surface area contributed by atoms with Gasteiger partial charge in [0.05, 0.1) is 5.02 Å². The van der Waals surface area contributed by atoms with E-state index >= 15 is 0 Å². The van der Waals surface area contributed by atoms with Gasteiger partial charge in [-0.2, -0.15) is 0 Å². The quantitative estimate of drug-likeness (QED) is 0.822. The van der Waals surface area contributed by atoms with Crippen LogP contribution >= 0.6 is 11.6 Å². The average molecular weight is 235 g/mol. The normalized spacial score (nSPS) is 20.7. The van der Waals surface area contributed by atoms with Crippen molar-refractivity contribution in [2.45, 2.75) is 12.8 Å². The van der Waals surface area contributed by atoms with Crippen molar-refractivity contribution in [3.05, 3.63) is 35.0 Å². The van der Waals surface area contributed by atoms with Crippen LogP contribution in [0.3, 0.4) is 0 Å². The molecule has 16 heavy (non-hydrogen) atoms. The molecule has 1 unspecified atom stereocenters. The van der Waals surface area contributed by atoms with Gasteiger partial charge in [0.1, 0.15) is 0 Å². The van der Waals surface area contributed by atoms with Crippen LogP contribution in [-0.2, 0) is 6.42 Å². The molecule has 84 valence electrons. The number of H-pyrrole nitrogens is 1. The zero-order valence-electron chi connectivity index (χ0n) is 9.09. The summed E-state index contributed by atoms with van der Waals surface area (Å²) in [5, 5.41) is 5.46. The van der Waals surface area contributed by atoms with Gasteiger partial charge in [0.2, 0.25) is 0 Å². The van der Waals surface area contributed by atoms with Gasteiger partial charge < -0.3 is 10.3 Å². The van der Waals surface area contributed by atoms with E-state index in [4.69, 9.17) is 11.6 Å². The van der Waals surface area contributed by atoms with Gasteiger partial charge in [-0.3, -0.25) is 0 Å². The molecule has 1 aliphatic rings. The molecule has 1 atom stereocenters. The maximum Gasteiger partial charge on any atom is 0.0531 e. The summed E-state index contributed by atoms with van der Waals surface area (Å²) < 4.78 is 0. The Morgan fingerprint density at radius 2 is 2.25 bits per heavy atom. The first-order chi connectivity index (χ1) is 7.84. The van der Waals surface area contributed by atoms with Crippen molar-refractivity contribution in [3.63, 3.8) is 0 Å². The lowest BCUT2D eigenvalue weighted by Crippen LogP contribution is -2.10. The molecule has 1 aromatic carbocycles. The van der Waals surface area contributed by atoms with Gasteiger partial charge in [-0.25, -0.2) is 0 Å². The van der Waals surface area contributed by atoms with Crippen LogP contribution < -0.4 is 5.32 Å². The van der Waals surface area contributed by atoms with Gasteiger partial charge >= 0.3 is 0 Å². The summed E-state index contributed by atoms with van der Waals surface area (Å²) >= 11 is 6.42. The number of rotatable bonds is 2. The van der Waals surface area contributed by atoms with Crippen molar-refractivity contribution in [2.75, 3.05) is 13.1 Å². The summed E-state index contributed by atoms with van der Waals surface area (Å²) in [7, 11) is 0. The lowest BCUT2D eigenvalue weighted by molar-refractivity contribution is 0.580. The van der Waals surface area contributed by atoms with Gasteiger partial charge in [-0.05, 0) is 49.5 Å². The van der Waals surface area contributed by atoms with Crippen LogP contribution in [0.4, 0.5) is 0 Å². The Bertz CT molecular complexity index is 498. The van der Waals surface area contributed by atoms with Crippen molar-refractivity contribution in [1.29, 1.82) is 0 Å². The second-order valence-corrected chi connectivity index (χ2v) is 4.92.